The van der Waals surface area contributed by atoms with E-state index >= 15 is 0 Å². The molecule has 3 heteroatoms. The van der Waals surface area contributed by atoms with Crippen molar-refractivity contribution in [3.05, 3.63) is 11.6 Å². The van der Waals surface area contributed by atoms with Crippen LogP contribution in [0.4, 0.5) is 0 Å². The Morgan fingerprint density at radius 3 is 2.64 bits per heavy atom. The van der Waals surface area contributed by atoms with Crippen LogP contribution in [0.5, 0.6) is 0 Å². The van der Waals surface area contributed by atoms with Gasteiger partial charge in [-0.1, -0.05) is 11.6 Å². The molecule has 2 nitrogen and oxygen atoms in total. The maximum Gasteiger partial charge on any atom is 0.210 e. The van der Waals surface area contributed by atoms with Crippen LogP contribution in [0.2, 0.25) is 0 Å². The third-order valence-electron chi connectivity index (χ3n) is 1.61. The summed E-state index contributed by atoms with van der Waals surface area (Å²) >= 11 is 0. The highest BCUT2D eigenvalue weighted by Gasteiger charge is 2.28. The minimum Gasteiger partial charge on any atom is -0.325 e. The Morgan fingerprint density at radius 2 is 2.27 bits per heavy atom. The quantitative estimate of drug-likeness (QED) is 0.475. The van der Waals surface area contributed by atoms with Gasteiger partial charge in [0.1, 0.15) is 0 Å². The Balaban J connectivity index is 2.53. The van der Waals surface area contributed by atoms with Gasteiger partial charge >= 0.3 is 0 Å². The molecule has 1 aliphatic rings. The van der Waals surface area contributed by atoms with Gasteiger partial charge in [-0.3, -0.25) is 4.57 Å². The van der Waals surface area contributed by atoms with Crippen LogP contribution in [0.3, 0.4) is 0 Å². The number of rotatable bonds is 2. The van der Waals surface area contributed by atoms with E-state index in [1.807, 2.05) is 26.8 Å². The molecule has 11 heavy (non-hydrogen) atoms. The largest absolute Gasteiger partial charge is 0.325 e. The molecule has 64 valence electrons. The van der Waals surface area contributed by atoms with Crippen molar-refractivity contribution in [3.8, 4) is 0 Å². The zero-order chi connectivity index (χ0) is 8.48. The minimum absolute atomic E-state index is 0.0835. The molecular formula is C8H15O2P. The molecule has 0 fully saturated rings. The van der Waals surface area contributed by atoms with Gasteiger partial charge in [-0.15, -0.1) is 0 Å². The highest BCUT2D eigenvalue weighted by atomic mass is 31.2. The van der Waals surface area contributed by atoms with Crippen LogP contribution in [0.25, 0.3) is 0 Å². The molecule has 0 aliphatic carbocycles. The van der Waals surface area contributed by atoms with Crippen LogP contribution in [0, 0.1) is 0 Å². The third kappa shape index (κ3) is 2.46. The molecule has 0 amide bonds. The molecule has 0 unspecified atom stereocenters. The standard InChI is InChI=1S/C8H15O2P/c1-7(2)10-11(9)5-4-8(3)6-11/h4,7H,5-6H2,1-3H3/t11-/m1/s1. The molecule has 1 rings (SSSR count). The fraction of sp³-hybridized carbons (Fsp3) is 0.750. The summed E-state index contributed by atoms with van der Waals surface area (Å²) in [4.78, 5) is 0. The van der Waals surface area contributed by atoms with Crippen molar-refractivity contribution in [1.82, 2.24) is 0 Å². The molecule has 1 heterocycles. The SMILES string of the molecule is CC1=CC[P@@](=O)(OC(C)C)C1. The lowest BCUT2D eigenvalue weighted by molar-refractivity contribution is 0.246. The monoisotopic (exact) mass is 174 g/mol. The molecule has 1 aliphatic heterocycles. The second kappa shape index (κ2) is 3.12. The van der Waals surface area contributed by atoms with E-state index in [1.54, 1.807) is 0 Å². The van der Waals surface area contributed by atoms with E-state index in [0.29, 0.717) is 12.3 Å². The van der Waals surface area contributed by atoms with Crippen molar-refractivity contribution >= 4 is 7.37 Å². The van der Waals surface area contributed by atoms with Crippen molar-refractivity contribution in [2.45, 2.75) is 26.9 Å². The fourth-order valence-corrected chi connectivity index (χ4v) is 3.81. The lowest BCUT2D eigenvalue weighted by atomic mass is 10.3. The van der Waals surface area contributed by atoms with E-state index < -0.39 is 7.37 Å². The van der Waals surface area contributed by atoms with Gasteiger partial charge in [-0.25, -0.2) is 0 Å². The first-order chi connectivity index (χ1) is 5.02. The summed E-state index contributed by atoms with van der Waals surface area (Å²) in [5.74, 6) is 0. The van der Waals surface area contributed by atoms with Gasteiger partial charge in [0.25, 0.3) is 0 Å². The first-order valence-corrected chi connectivity index (χ1v) is 5.93. The van der Waals surface area contributed by atoms with Gasteiger partial charge in [0.05, 0.1) is 6.10 Å². The summed E-state index contributed by atoms with van der Waals surface area (Å²) in [6.45, 7) is 5.85. The summed E-state index contributed by atoms with van der Waals surface area (Å²) in [6, 6.07) is 0. The van der Waals surface area contributed by atoms with Crippen molar-refractivity contribution in [2.24, 2.45) is 0 Å². The molecule has 0 aromatic carbocycles. The van der Waals surface area contributed by atoms with E-state index in [-0.39, 0.29) is 6.10 Å². The maximum atomic E-state index is 11.8. The van der Waals surface area contributed by atoms with Crippen LogP contribution >= 0.6 is 7.37 Å². The van der Waals surface area contributed by atoms with Gasteiger partial charge in [0.15, 0.2) is 0 Å². The van der Waals surface area contributed by atoms with Gasteiger partial charge in [-0.2, -0.15) is 0 Å². The highest BCUT2D eigenvalue weighted by Crippen LogP contribution is 2.53. The molecule has 0 saturated carbocycles. The average Bonchev–Trinajstić information content (AvgIpc) is 2.08. The second-order valence-corrected chi connectivity index (χ2v) is 5.88. The van der Waals surface area contributed by atoms with E-state index in [9.17, 15) is 4.57 Å². The van der Waals surface area contributed by atoms with E-state index in [0.717, 1.165) is 0 Å². The van der Waals surface area contributed by atoms with Crippen LogP contribution < -0.4 is 0 Å². The predicted octanol–water partition coefficient (Wildman–Crippen LogP) is 2.65. The van der Waals surface area contributed by atoms with Gasteiger partial charge in [0.2, 0.25) is 7.37 Å². The summed E-state index contributed by atoms with van der Waals surface area (Å²) in [7, 11) is -2.27. The van der Waals surface area contributed by atoms with Gasteiger partial charge in [0, 0.05) is 12.3 Å². The van der Waals surface area contributed by atoms with E-state index in [1.165, 1.54) is 5.57 Å². The van der Waals surface area contributed by atoms with Crippen LogP contribution in [-0.4, -0.2) is 18.4 Å². The zero-order valence-electron chi connectivity index (χ0n) is 7.33. The Kier molecular flexibility index (Phi) is 2.56. The topological polar surface area (TPSA) is 26.3 Å². The van der Waals surface area contributed by atoms with Crippen molar-refractivity contribution in [3.63, 3.8) is 0 Å². The van der Waals surface area contributed by atoms with E-state index in [4.69, 9.17) is 4.52 Å². The lowest BCUT2D eigenvalue weighted by Crippen LogP contribution is -2.02. The Morgan fingerprint density at radius 1 is 1.64 bits per heavy atom. The predicted molar refractivity (Wildman–Crippen MR) is 47.3 cm³/mol. The molecule has 0 saturated heterocycles. The Hall–Kier alpha value is -0.0700. The Labute approximate surface area is 68.1 Å². The molecule has 0 aromatic heterocycles. The summed E-state index contributed by atoms with van der Waals surface area (Å²) in [5.41, 5.74) is 1.20. The molecule has 0 N–H and O–H groups in total. The summed E-state index contributed by atoms with van der Waals surface area (Å²) in [5, 5.41) is 0. The van der Waals surface area contributed by atoms with Gasteiger partial charge in [-0.05, 0) is 20.8 Å². The zero-order valence-corrected chi connectivity index (χ0v) is 8.23. The first kappa shape index (κ1) is 9.02. The third-order valence-corrected chi connectivity index (χ3v) is 4.14. The molecule has 0 spiro atoms. The number of hydrogen-bond acceptors (Lipinski definition) is 2. The molecular weight excluding hydrogens is 159 g/mol. The van der Waals surface area contributed by atoms with Crippen molar-refractivity contribution in [1.29, 1.82) is 0 Å². The highest BCUT2D eigenvalue weighted by molar-refractivity contribution is 7.59. The average molecular weight is 174 g/mol. The summed E-state index contributed by atoms with van der Waals surface area (Å²) in [6.07, 6.45) is 3.39. The van der Waals surface area contributed by atoms with Crippen LogP contribution in [-0.2, 0) is 9.09 Å². The first-order valence-electron chi connectivity index (χ1n) is 3.94. The normalized spacial score (nSPS) is 31.1. The molecule has 1 atom stereocenters. The smallest absolute Gasteiger partial charge is 0.210 e. The number of allylic oxidation sites excluding steroid dienone is 2. The minimum atomic E-state index is -2.27. The molecule has 0 radical (unpaired) electrons. The molecule has 0 aromatic rings. The molecule has 0 bridgehead atoms. The summed E-state index contributed by atoms with van der Waals surface area (Å²) < 4.78 is 17.1. The second-order valence-electron chi connectivity index (χ2n) is 3.36. The number of hydrogen-bond donors (Lipinski definition) is 0. The Bertz CT molecular complexity index is 218. The van der Waals surface area contributed by atoms with Gasteiger partial charge < -0.3 is 4.52 Å². The lowest BCUT2D eigenvalue weighted by Gasteiger charge is -2.15. The van der Waals surface area contributed by atoms with Crippen LogP contribution in [0.1, 0.15) is 20.8 Å². The maximum absolute atomic E-state index is 11.8. The van der Waals surface area contributed by atoms with Crippen molar-refractivity contribution < 1.29 is 9.09 Å². The van der Waals surface area contributed by atoms with E-state index in [2.05, 4.69) is 0 Å². The van der Waals surface area contributed by atoms with Crippen LogP contribution in [0.15, 0.2) is 11.6 Å². The van der Waals surface area contributed by atoms with Crippen molar-refractivity contribution in [2.75, 3.05) is 12.3 Å². The fourth-order valence-electron chi connectivity index (χ4n) is 1.27.